The molecule has 3 nitrogen and oxygen atoms in total. The summed E-state index contributed by atoms with van der Waals surface area (Å²) in [6, 6.07) is 7.38. The summed E-state index contributed by atoms with van der Waals surface area (Å²) in [5.41, 5.74) is 5.34. The molecule has 0 unspecified atom stereocenters. The van der Waals surface area contributed by atoms with E-state index in [-0.39, 0.29) is 0 Å². The highest BCUT2D eigenvalue weighted by Crippen LogP contribution is 2.21. The molecule has 0 aliphatic carbocycles. The van der Waals surface area contributed by atoms with Gasteiger partial charge in [0.25, 0.3) is 0 Å². The van der Waals surface area contributed by atoms with Crippen LogP contribution in [0.4, 0.5) is 0 Å². The van der Waals surface area contributed by atoms with Crippen LogP contribution in [0.5, 0.6) is 0 Å². The Morgan fingerprint density at radius 1 is 0.882 bits per heavy atom. The molecule has 0 amide bonds. The molecule has 0 N–H and O–H groups in total. The zero-order valence-corrected chi connectivity index (χ0v) is 10.2. The number of hydrogen-bond acceptors (Lipinski definition) is 3. The first-order valence-corrected chi connectivity index (χ1v) is 5.49. The summed E-state index contributed by atoms with van der Waals surface area (Å²) in [6.07, 6.45) is 0.836. The zero-order chi connectivity index (χ0) is 12.4. The Bertz CT molecular complexity index is 559. The molecule has 0 saturated carbocycles. The van der Waals surface area contributed by atoms with Crippen molar-refractivity contribution in [3.63, 3.8) is 0 Å². The van der Waals surface area contributed by atoms with Gasteiger partial charge in [-0.3, -0.25) is 9.78 Å². The van der Waals surface area contributed by atoms with E-state index in [4.69, 9.17) is 0 Å². The van der Waals surface area contributed by atoms with Gasteiger partial charge in [-0.05, 0) is 20.8 Å². The molecule has 1 heterocycles. The van der Waals surface area contributed by atoms with E-state index in [1.165, 1.54) is 0 Å². The van der Waals surface area contributed by atoms with E-state index in [1.54, 1.807) is 12.1 Å². The fourth-order valence-electron chi connectivity index (χ4n) is 1.71. The number of benzene rings is 1. The minimum absolute atomic E-state index is 0.670. The minimum Gasteiger partial charge on any atom is -0.298 e. The van der Waals surface area contributed by atoms with Crippen LogP contribution < -0.4 is 0 Å². The first-order chi connectivity index (χ1) is 8.11. The van der Waals surface area contributed by atoms with E-state index in [0.29, 0.717) is 5.56 Å². The lowest BCUT2D eigenvalue weighted by Gasteiger charge is -2.08. The van der Waals surface area contributed by atoms with Crippen LogP contribution in [0.3, 0.4) is 0 Å². The van der Waals surface area contributed by atoms with Crippen LogP contribution >= 0.6 is 0 Å². The third-order valence-corrected chi connectivity index (χ3v) is 2.80. The van der Waals surface area contributed by atoms with Crippen molar-refractivity contribution in [2.24, 2.45) is 0 Å². The molecular weight excluding hydrogens is 212 g/mol. The molecule has 0 atom stereocenters. The van der Waals surface area contributed by atoms with Crippen molar-refractivity contribution in [3.05, 3.63) is 46.9 Å². The molecule has 0 aliphatic rings. The molecular formula is C14H14N2O. The van der Waals surface area contributed by atoms with Gasteiger partial charge in [0.05, 0.1) is 22.8 Å². The van der Waals surface area contributed by atoms with E-state index >= 15 is 0 Å². The van der Waals surface area contributed by atoms with Gasteiger partial charge in [-0.15, -0.1) is 0 Å². The molecule has 0 aliphatic heterocycles. The van der Waals surface area contributed by atoms with E-state index in [2.05, 4.69) is 9.97 Å². The highest BCUT2D eigenvalue weighted by Gasteiger charge is 2.07. The molecule has 0 fully saturated rings. The lowest BCUT2D eigenvalue weighted by Crippen LogP contribution is -1.99. The second-order valence-electron chi connectivity index (χ2n) is 4.07. The lowest BCUT2D eigenvalue weighted by molar-refractivity contribution is 0.112. The van der Waals surface area contributed by atoms with Gasteiger partial charge in [0, 0.05) is 11.1 Å². The number of aldehydes is 1. The number of rotatable bonds is 2. The van der Waals surface area contributed by atoms with Crippen LogP contribution in [0.2, 0.25) is 0 Å². The van der Waals surface area contributed by atoms with Crippen LogP contribution in [0.15, 0.2) is 24.3 Å². The average Bonchev–Trinajstić information content (AvgIpc) is 2.34. The van der Waals surface area contributed by atoms with Gasteiger partial charge in [-0.25, -0.2) is 4.98 Å². The number of aryl methyl sites for hydroxylation is 3. The predicted octanol–water partition coefficient (Wildman–Crippen LogP) is 2.88. The molecule has 1 aromatic heterocycles. The first-order valence-electron chi connectivity index (χ1n) is 5.49. The molecule has 17 heavy (non-hydrogen) atoms. The second kappa shape index (κ2) is 4.45. The van der Waals surface area contributed by atoms with Gasteiger partial charge < -0.3 is 0 Å². The topological polar surface area (TPSA) is 42.9 Å². The third kappa shape index (κ3) is 2.23. The monoisotopic (exact) mass is 226 g/mol. The number of carbonyl (C=O) groups is 1. The summed E-state index contributed by atoms with van der Waals surface area (Å²) in [5.74, 6) is 0. The maximum Gasteiger partial charge on any atom is 0.150 e. The Hall–Kier alpha value is -2.03. The predicted molar refractivity (Wildman–Crippen MR) is 67.1 cm³/mol. The fraction of sp³-hybridized carbons (Fsp3) is 0.214. The quantitative estimate of drug-likeness (QED) is 0.739. The summed E-state index contributed by atoms with van der Waals surface area (Å²) in [7, 11) is 0. The molecule has 3 heteroatoms. The minimum atomic E-state index is 0.670. The standard InChI is InChI=1S/C14H14N2O/c1-9-10(2)16-14(11(3)15-9)13-6-4-12(8-17)5-7-13/h4-8H,1-3H3. The molecule has 1 aromatic carbocycles. The number of carbonyl (C=O) groups excluding carboxylic acids is 1. The maximum absolute atomic E-state index is 10.6. The molecule has 0 radical (unpaired) electrons. The van der Waals surface area contributed by atoms with Gasteiger partial charge in [0.1, 0.15) is 6.29 Å². The van der Waals surface area contributed by atoms with Crippen LogP contribution in [0.25, 0.3) is 11.3 Å². The van der Waals surface area contributed by atoms with E-state index < -0.39 is 0 Å². The van der Waals surface area contributed by atoms with Crippen molar-refractivity contribution < 1.29 is 4.79 Å². The largest absolute Gasteiger partial charge is 0.298 e. The summed E-state index contributed by atoms with van der Waals surface area (Å²) < 4.78 is 0. The van der Waals surface area contributed by atoms with Gasteiger partial charge >= 0.3 is 0 Å². The van der Waals surface area contributed by atoms with Crippen LogP contribution in [-0.2, 0) is 0 Å². The Kier molecular flexibility index (Phi) is 3.00. The summed E-state index contributed by atoms with van der Waals surface area (Å²) >= 11 is 0. The SMILES string of the molecule is Cc1nc(C)c(-c2ccc(C=O)cc2)nc1C. The van der Waals surface area contributed by atoms with Crippen molar-refractivity contribution in [1.29, 1.82) is 0 Å². The zero-order valence-electron chi connectivity index (χ0n) is 10.2. The van der Waals surface area contributed by atoms with E-state index in [9.17, 15) is 4.79 Å². The highest BCUT2D eigenvalue weighted by molar-refractivity contribution is 5.76. The average molecular weight is 226 g/mol. The summed E-state index contributed by atoms with van der Waals surface area (Å²) in [4.78, 5) is 19.6. The van der Waals surface area contributed by atoms with Crippen LogP contribution in [-0.4, -0.2) is 16.3 Å². The normalized spacial score (nSPS) is 10.3. The van der Waals surface area contributed by atoms with Crippen LogP contribution in [0, 0.1) is 20.8 Å². The Morgan fingerprint density at radius 3 is 2.06 bits per heavy atom. The third-order valence-electron chi connectivity index (χ3n) is 2.80. The Labute approximate surface area is 101 Å². The summed E-state index contributed by atoms with van der Waals surface area (Å²) in [5, 5.41) is 0. The number of aromatic nitrogens is 2. The van der Waals surface area contributed by atoms with Gasteiger partial charge in [-0.2, -0.15) is 0 Å². The number of hydrogen-bond donors (Lipinski definition) is 0. The molecule has 2 rings (SSSR count). The van der Waals surface area contributed by atoms with Crippen molar-refractivity contribution >= 4 is 6.29 Å². The van der Waals surface area contributed by atoms with Gasteiger partial charge in [0.2, 0.25) is 0 Å². The Morgan fingerprint density at radius 2 is 1.47 bits per heavy atom. The molecule has 0 saturated heterocycles. The summed E-state index contributed by atoms with van der Waals surface area (Å²) in [6.45, 7) is 5.85. The molecule has 86 valence electrons. The van der Waals surface area contributed by atoms with Gasteiger partial charge in [-0.1, -0.05) is 24.3 Å². The smallest absolute Gasteiger partial charge is 0.150 e. The maximum atomic E-state index is 10.6. The highest BCUT2D eigenvalue weighted by atomic mass is 16.1. The van der Waals surface area contributed by atoms with Crippen molar-refractivity contribution in [1.82, 2.24) is 9.97 Å². The Balaban J connectivity index is 2.52. The van der Waals surface area contributed by atoms with Crippen molar-refractivity contribution in [2.75, 3.05) is 0 Å². The van der Waals surface area contributed by atoms with Crippen molar-refractivity contribution in [2.45, 2.75) is 20.8 Å². The lowest BCUT2D eigenvalue weighted by atomic mass is 10.1. The van der Waals surface area contributed by atoms with Gasteiger partial charge in [0.15, 0.2) is 0 Å². The van der Waals surface area contributed by atoms with Crippen molar-refractivity contribution in [3.8, 4) is 11.3 Å². The van der Waals surface area contributed by atoms with E-state index in [0.717, 1.165) is 34.6 Å². The van der Waals surface area contributed by atoms with Crippen LogP contribution in [0.1, 0.15) is 27.4 Å². The second-order valence-corrected chi connectivity index (χ2v) is 4.07. The molecule has 2 aromatic rings. The molecule has 0 bridgehead atoms. The fourth-order valence-corrected chi connectivity index (χ4v) is 1.71. The molecule has 0 spiro atoms. The number of nitrogens with zero attached hydrogens (tertiary/aromatic N) is 2. The van der Waals surface area contributed by atoms with E-state index in [1.807, 2.05) is 32.9 Å². The first kappa shape index (κ1) is 11.5.